The fourth-order valence-corrected chi connectivity index (χ4v) is 1.74. The Kier molecular flexibility index (Phi) is 2.96. The van der Waals surface area contributed by atoms with Crippen LogP contribution in [0.25, 0.3) is 0 Å². The van der Waals surface area contributed by atoms with Crippen LogP contribution in [0.3, 0.4) is 0 Å². The van der Waals surface area contributed by atoms with Crippen LogP contribution in [-0.2, 0) is 12.8 Å². The minimum absolute atomic E-state index is 1.13. The maximum Gasteiger partial charge on any atom is 0.0181 e. The van der Waals surface area contributed by atoms with Gasteiger partial charge in [0, 0.05) is 11.4 Å². The van der Waals surface area contributed by atoms with Gasteiger partial charge in [0.15, 0.2) is 0 Å². The fraction of sp³-hybridized carbons (Fsp3) is 0.636. The Morgan fingerprint density at radius 3 is 2.33 bits per heavy atom. The SMILES string of the molecule is CCCc1c(CC)[nH]c(C)c1C. The number of aryl methyl sites for hydroxylation is 2. The van der Waals surface area contributed by atoms with Gasteiger partial charge >= 0.3 is 0 Å². The number of aromatic amines is 1. The van der Waals surface area contributed by atoms with Gasteiger partial charge in [0.25, 0.3) is 0 Å². The van der Waals surface area contributed by atoms with Crippen molar-refractivity contribution < 1.29 is 0 Å². The van der Waals surface area contributed by atoms with Gasteiger partial charge < -0.3 is 4.98 Å². The fourth-order valence-electron chi connectivity index (χ4n) is 1.74. The molecule has 68 valence electrons. The molecule has 0 aliphatic rings. The molecule has 0 radical (unpaired) electrons. The maximum absolute atomic E-state index is 3.45. The highest BCUT2D eigenvalue weighted by atomic mass is 14.7. The largest absolute Gasteiger partial charge is 0.362 e. The molecule has 0 atom stereocenters. The summed E-state index contributed by atoms with van der Waals surface area (Å²) in [7, 11) is 0. The van der Waals surface area contributed by atoms with Crippen molar-refractivity contribution in [3.8, 4) is 0 Å². The molecule has 0 bridgehead atoms. The lowest BCUT2D eigenvalue weighted by Crippen LogP contribution is -1.90. The molecule has 12 heavy (non-hydrogen) atoms. The number of H-pyrrole nitrogens is 1. The molecule has 0 saturated carbocycles. The smallest absolute Gasteiger partial charge is 0.0181 e. The quantitative estimate of drug-likeness (QED) is 0.708. The Labute approximate surface area is 75.2 Å². The van der Waals surface area contributed by atoms with E-state index in [1.807, 2.05) is 0 Å². The Morgan fingerprint density at radius 1 is 1.17 bits per heavy atom. The van der Waals surface area contributed by atoms with E-state index in [4.69, 9.17) is 0 Å². The van der Waals surface area contributed by atoms with Gasteiger partial charge in [0.1, 0.15) is 0 Å². The van der Waals surface area contributed by atoms with Gasteiger partial charge in [0.05, 0.1) is 0 Å². The molecular formula is C11H19N. The summed E-state index contributed by atoms with van der Waals surface area (Å²) in [4.78, 5) is 3.45. The molecule has 0 spiro atoms. The first-order chi connectivity index (χ1) is 5.70. The summed E-state index contributed by atoms with van der Waals surface area (Å²) in [6.45, 7) is 8.83. The highest BCUT2D eigenvalue weighted by Gasteiger charge is 2.08. The summed E-state index contributed by atoms with van der Waals surface area (Å²) in [6, 6.07) is 0. The lowest BCUT2D eigenvalue weighted by Gasteiger charge is -2.00. The molecule has 0 aliphatic heterocycles. The van der Waals surface area contributed by atoms with Crippen molar-refractivity contribution in [1.82, 2.24) is 4.98 Å². The highest BCUT2D eigenvalue weighted by molar-refractivity contribution is 5.35. The first-order valence-electron chi connectivity index (χ1n) is 4.87. The number of rotatable bonds is 3. The lowest BCUT2D eigenvalue weighted by molar-refractivity contribution is 0.888. The summed E-state index contributed by atoms with van der Waals surface area (Å²) >= 11 is 0. The summed E-state index contributed by atoms with van der Waals surface area (Å²) in [5, 5.41) is 0. The molecule has 0 amide bonds. The van der Waals surface area contributed by atoms with Gasteiger partial charge in [0.2, 0.25) is 0 Å². The molecule has 1 nitrogen and oxygen atoms in total. The minimum atomic E-state index is 1.13. The van der Waals surface area contributed by atoms with Crippen molar-refractivity contribution in [1.29, 1.82) is 0 Å². The molecule has 1 heteroatoms. The van der Waals surface area contributed by atoms with Gasteiger partial charge in [-0.25, -0.2) is 0 Å². The molecule has 1 heterocycles. The predicted octanol–water partition coefficient (Wildman–Crippen LogP) is 3.15. The standard InChI is InChI=1S/C11H19N/c1-5-7-10-8(3)9(4)12-11(10)6-2/h12H,5-7H2,1-4H3. The van der Waals surface area contributed by atoms with Crippen molar-refractivity contribution in [2.24, 2.45) is 0 Å². The Balaban J connectivity index is 3.03. The van der Waals surface area contributed by atoms with Crippen LogP contribution in [0, 0.1) is 13.8 Å². The normalized spacial score (nSPS) is 10.7. The molecule has 0 aliphatic carbocycles. The molecule has 0 unspecified atom stereocenters. The molecule has 1 aromatic heterocycles. The second-order valence-corrected chi connectivity index (χ2v) is 3.44. The highest BCUT2D eigenvalue weighted by Crippen LogP contribution is 2.19. The summed E-state index contributed by atoms with van der Waals surface area (Å²) in [5.74, 6) is 0. The zero-order chi connectivity index (χ0) is 9.14. The first kappa shape index (κ1) is 9.37. The lowest BCUT2D eigenvalue weighted by atomic mass is 10.0. The third kappa shape index (κ3) is 1.55. The van der Waals surface area contributed by atoms with Crippen LogP contribution in [0.2, 0.25) is 0 Å². The second-order valence-electron chi connectivity index (χ2n) is 3.44. The average molecular weight is 165 g/mol. The van der Waals surface area contributed by atoms with E-state index in [0.29, 0.717) is 0 Å². The topological polar surface area (TPSA) is 15.8 Å². The van der Waals surface area contributed by atoms with Crippen molar-refractivity contribution in [3.05, 3.63) is 22.5 Å². The third-order valence-electron chi connectivity index (χ3n) is 2.57. The molecule has 0 saturated heterocycles. The molecule has 0 fully saturated rings. The Morgan fingerprint density at radius 2 is 1.83 bits per heavy atom. The van der Waals surface area contributed by atoms with E-state index in [0.717, 1.165) is 6.42 Å². The van der Waals surface area contributed by atoms with Crippen LogP contribution in [0.4, 0.5) is 0 Å². The van der Waals surface area contributed by atoms with E-state index in [1.165, 1.54) is 29.8 Å². The van der Waals surface area contributed by atoms with Crippen LogP contribution >= 0.6 is 0 Å². The van der Waals surface area contributed by atoms with Crippen molar-refractivity contribution in [2.45, 2.75) is 47.0 Å². The van der Waals surface area contributed by atoms with Gasteiger partial charge in [-0.1, -0.05) is 20.3 Å². The molecular weight excluding hydrogens is 146 g/mol. The van der Waals surface area contributed by atoms with Crippen LogP contribution in [0.5, 0.6) is 0 Å². The summed E-state index contributed by atoms with van der Waals surface area (Å²) in [6.07, 6.45) is 3.59. The summed E-state index contributed by atoms with van der Waals surface area (Å²) < 4.78 is 0. The van der Waals surface area contributed by atoms with Crippen molar-refractivity contribution in [3.63, 3.8) is 0 Å². The maximum atomic E-state index is 3.45. The van der Waals surface area contributed by atoms with E-state index in [2.05, 4.69) is 32.7 Å². The summed E-state index contributed by atoms with van der Waals surface area (Å²) in [5.41, 5.74) is 5.80. The van der Waals surface area contributed by atoms with Gasteiger partial charge in [-0.05, 0) is 37.8 Å². The van der Waals surface area contributed by atoms with Crippen molar-refractivity contribution in [2.75, 3.05) is 0 Å². The number of nitrogens with one attached hydrogen (secondary N) is 1. The monoisotopic (exact) mass is 165 g/mol. The van der Waals surface area contributed by atoms with Gasteiger partial charge in [-0.15, -0.1) is 0 Å². The third-order valence-corrected chi connectivity index (χ3v) is 2.57. The van der Waals surface area contributed by atoms with Gasteiger partial charge in [-0.3, -0.25) is 0 Å². The Hall–Kier alpha value is -0.720. The average Bonchev–Trinajstić information content (AvgIpc) is 2.33. The van der Waals surface area contributed by atoms with E-state index in [1.54, 1.807) is 5.56 Å². The van der Waals surface area contributed by atoms with Crippen molar-refractivity contribution >= 4 is 0 Å². The molecule has 1 aromatic rings. The van der Waals surface area contributed by atoms with E-state index >= 15 is 0 Å². The molecule has 1 N–H and O–H groups in total. The molecule has 1 rings (SSSR count). The minimum Gasteiger partial charge on any atom is -0.362 e. The number of aromatic nitrogens is 1. The first-order valence-corrected chi connectivity index (χ1v) is 4.87. The van der Waals surface area contributed by atoms with Crippen LogP contribution < -0.4 is 0 Å². The Bertz CT molecular complexity index is 258. The molecule has 0 aromatic carbocycles. The number of hydrogen-bond acceptors (Lipinski definition) is 0. The van der Waals surface area contributed by atoms with Crippen LogP contribution in [0.15, 0.2) is 0 Å². The zero-order valence-electron chi connectivity index (χ0n) is 8.62. The van der Waals surface area contributed by atoms with E-state index < -0.39 is 0 Å². The zero-order valence-corrected chi connectivity index (χ0v) is 8.62. The van der Waals surface area contributed by atoms with Crippen LogP contribution in [-0.4, -0.2) is 4.98 Å². The van der Waals surface area contributed by atoms with E-state index in [-0.39, 0.29) is 0 Å². The van der Waals surface area contributed by atoms with E-state index in [9.17, 15) is 0 Å². The second kappa shape index (κ2) is 3.79. The van der Waals surface area contributed by atoms with Crippen LogP contribution in [0.1, 0.15) is 42.8 Å². The predicted molar refractivity (Wildman–Crippen MR) is 53.6 cm³/mol. The number of hydrogen-bond donors (Lipinski definition) is 1. The van der Waals surface area contributed by atoms with Gasteiger partial charge in [-0.2, -0.15) is 0 Å².